The van der Waals surface area contributed by atoms with Crippen LogP contribution in [-0.4, -0.2) is 49.7 Å². The quantitative estimate of drug-likeness (QED) is 0.793. The van der Waals surface area contributed by atoms with Crippen molar-refractivity contribution >= 4 is 6.08 Å². The third kappa shape index (κ3) is 4.24. The minimum absolute atomic E-state index is 0.267. The van der Waals surface area contributed by atoms with Crippen LogP contribution in [0, 0.1) is 0 Å². The molecule has 1 N–H and O–H groups in total. The third-order valence-corrected chi connectivity index (χ3v) is 4.78. The first-order valence-corrected chi connectivity index (χ1v) is 9.40. The van der Waals surface area contributed by atoms with Crippen LogP contribution >= 0.6 is 0 Å². The molecule has 6 nitrogen and oxygen atoms in total. The summed E-state index contributed by atoms with van der Waals surface area (Å²) in [5, 5.41) is 9.96. The molecule has 0 fully saturated rings. The maximum Gasteiger partial charge on any atom is 0.231 e. The molecule has 0 saturated carbocycles. The molecule has 28 heavy (non-hydrogen) atoms. The van der Waals surface area contributed by atoms with Crippen molar-refractivity contribution in [2.24, 2.45) is 0 Å². The van der Waals surface area contributed by atoms with Gasteiger partial charge in [0, 0.05) is 25.2 Å². The van der Waals surface area contributed by atoms with E-state index in [4.69, 9.17) is 18.9 Å². The van der Waals surface area contributed by atoms with Crippen LogP contribution in [0.4, 0.5) is 0 Å². The lowest BCUT2D eigenvalue weighted by molar-refractivity contribution is 0.126. The molecule has 148 valence electrons. The fraction of sp³-hybridized carbons (Fsp3) is 0.364. The lowest BCUT2D eigenvalue weighted by Gasteiger charge is -2.27. The molecule has 0 spiro atoms. The lowest BCUT2D eigenvalue weighted by Crippen LogP contribution is -2.33. The molecule has 2 aromatic rings. The third-order valence-electron chi connectivity index (χ3n) is 4.78. The number of hydrogen-bond acceptors (Lipinski definition) is 6. The monoisotopic (exact) mass is 383 g/mol. The molecule has 0 radical (unpaired) electrons. The molecule has 1 atom stereocenters. The minimum Gasteiger partial charge on any atom is -0.497 e. The van der Waals surface area contributed by atoms with Gasteiger partial charge in [0.1, 0.15) is 18.1 Å². The van der Waals surface area contributed by atoms with E-state index in [0.717, 1.165) is 39.7 Å². The number of benzene rings is 2. The number of methoxy groups -OCH3 is 1. The molecule has 0 aromatic heterocycles. The van der Waals surface area contributed by atoms with Crippen LogP contribution in [0.3, 0.4) is 0 Å². The van der Waals surface area contributed by atoms with Crippen molar-refractivity contribution < 1.29 is 24.1 Å². The molecular weight excluding hydrogens is 358 g/mol. The molecule has 2 aliphatic heterocycles. The van der Waals surface area contributed by atoms with Gasteiger partial charge in [0.15, 0.2) is 11.5 Å². The number of hydrogen-bond donors (Lipinski definition) is 1. The Kier molecular flexibility index (Phi) is 5.41. The molecule has 2 aliphatic rings. The Labute approximate surface area is 164 Å². The minimum atomic E-state index is -0.425. The van der Waals surface area contributed by atoms with Crippen LogP contribution in [0.1, 0.15) is 18.1 Å². The molecule has 0 amide bonds. The first kappa shape index (κ1) is 18.7. The van der Waals surface area contributed by atoms with Gasteiger partial charge in [-0.3, -0.25) is 4.90 Å². The van der Waals surface area contributed by atoms with E-state index in [2.05, 4.69) is 11.0 Å². The average Bonchev–Trinajstić information content (AvgIpc) is 3.14. The van der Waals surface area contributed by atoms with E-state index in [1.165, 1.54) is 0 Å². The molecule has 0 saturated heterocycles. The van der Waals surface area contributed by atoms with Gasteiger partial charge in [0.25, 0.3) is 0 Å². The van der Waals surface area contributed by atoms with Crippen LogP contribution in [-0.2, 0) is 6.54 Å². The van der Waals surface area contributed by atoms with E-state index in [1.807, 2.05) is 36.4 Å². The molecule has 0 aliphatic carbocycles. The standard InChI is InChI=1S/C22H25NO5/c1-15(24)10-23(11-16-3-5-21-22(8-16)28-14-27-21)12-17-7-18-9-19(25-2)4-6-20(18)26-13-17/h3-9,15,24H,10-14H2,1-2H3/t15-/m1/s1. The zero-order valence-electron chi connectivity index (χ0n) is 16.2. The summed E-state index contributed by atoms with van der Waals surface area (Å²) in [6.45, 7) is 4.58. The van der Waals surface area contributed by atoms with E-state index in [1.54, 1.807) is 14.0 Å². The predicted octanol–water partition coefficient (Wildman–Crippen LogP) is 3.08. The van der Waals surface area contributed by atoms with Crippen molar-refractivity contribution in [3.05, 3.63) is 53.1 Å². The molecule has 4 rings (SSSR count). The molecule has 6 heteroatoms. The first-order valence-electron chi connectivity index (χ1n) is 9.40. The Balaban J connectivity index is 1.51. The van der Waals surface area contributed by atoms with Crippen molar-refractivity contribution in [1.82, 2.24) is 4.90 Å². The summed E-state index contributed by atoms with van der Waals surface area (Å²) in [5.41, 5.74) is 3.28. The Morgan fingerprint density at radius 1 is 1.04 bits per heavy atom. The summed E-state index contributed by atoms with van der Waals surface area (Å²) in [6, 6.07) is 11.8. The van der Waals surface area contributed by atoms with Crippen LogP contribution < -0.4 is 18.9 Å². The highest BCUT2D eigenvalue weighted by Gasteiger charge is 2.18. The van der Waals surface area contributed by atoms with Gasteiger partial charge in [-0.25, -0.2) is 0 Å². The first-order chi connectivity index (χ1) is 13.6. The fourth-order valence-electron chi connectivity index (χ4n) is 3.56. The summed E-state index contributed by atoms with van der Waals surface area (Å²) >= 11 is 0. The highest BCUT2D eigenvalue weighted by atomic mass is 16.7. The van der Waals surface area contributed by atoms with Crippen LogP contribution in [0.15, 0.2) is 42.0 Å². The van der Waals surface area contributed by atoms with E-state index in [9.17, 15) is 5.11 Å². The van der Waals surface area contributed by atoms with Gasteiger partial charge in [-0.2, -0.15) is 0 Å². The van der Waals surface area contributed by atoms with Gasteiger partial charge in [-0.05, 0) is 54.5 Å². The highest BCUT2D eigenvalue weighted by Crippen LogP contribution is 2.33. The van der Waals surface area contributed by atoms with Gasteiger partial charge >= 0.3 is 0 Å². The van der Waals surface area contributed by atoms with Crippen molar-refractivity contribution in [2.45, 2.75) is 19.6 Å². The zero-order valence-corrected chi connectivity index (χ0v) is 16.2. The number of rotatable bonds is 7. The van der Waals surface area contributed by atoms with E-state index < -0.39 is 6.10 Å². The van der Waals surface area contributed by atoms with Crippen LogP contribution in [0.25, 0.3) is 6.08 Å². The van der Waals surface area contributed by atoms with Gasteiger partial charge in [-0.15, -0.1) is 0 Å². The largest absolute Gasteiger partial charge is 0.497 e. The van der Waals surface area contributed by atoms with Gasteiger partial charge in [0.05, 0.1) is 13.2 Å². The normalized spacial score (nSPS) is 15.6. The summed E-state index contributed by atoms with van der Waals surface area (Å²) < 4.78 is 22.1. The highest BCUT2D eigenvalue weighted by molar-refractivity contribution is 5.64. The summed E-state index contributed by atoms with van der Waals surface area (Å²) in [4.78, 5) is 2.21. The van der Waals surface area contributed by atoms with Gasteiger partial charge in [0.2, 0.25) is 6.79 Å². The number of aliphatic hydroxyl groups excluding tert-OH is 1. The van der Waals surface area contributed by atoms with Gasteiger partial charge in [-0.1, -0.05) is 6.07 Å². The van der Waals surface area contributed by atoms with Crippen molar-refractivity contribution in [3.8, 4) is 23.0 Å². The maximum atomic E-state index is 9.96. The Morgan fingerprint density at radius 2 is 1.86 bits per heavy atom. The number of ether oxygens (including phenoxy) is 4. The maximum absolute atomic E-state index is 9.96. The average molecular weight is 383 g/mol. The number of fused-ring (bicyclic) bond motifs is 2. The Hall–Kier alpha value is -2.70. The molecule has 0 unspecified atom stereocenters. The van der Waals surface area contributed by atoms with Crippen molar-refractivity contribution in [2.75, 3.05) is 33.6 Å². The second-order valence-corrected chi connectivity index (χ2v) is 7.20. The summed E-state index contributed by atoms with van der Waals surface area (Å²) in [7, 11) is 1.66. The fourth-order valence-corrected chi connectivity index (χ4v) is 3.56. The lowest BCUT2D eigenvalue weighted by atomic mass is 10.1. The smallest absolute Gasteiger partial charge is 0.231 e. The second kappa shape index (κ2) is 8.12. The number of aliphatic hydroxyl groups is 1. The van der Waals surface area contributed by atoms with E-state index >= 15 is 0 Å². The molecule has 2 heterocycles. The molecule has 0 bridgehead atoms. The predicted molar refractivity (Wildman–Crippen MR) is 106 cm³/mol. The Morgan fingerprint density at radius 3 is 2.68 bits per heavy atom. The topological polar surface area (TPSA) is 60.4 Å². The second-order valence-electron chi connectivity index (χ2n) is 7.20. The van der Waals surface area contributed by atoms with Crippen molar-refractivity contribution in [1.29, 1.82) is 0 Å². The summed E-state index contributed by atoms with van der Waals surface area (Å²) in [6.07, 6.45) is 1.72. The number of nitrogens with zero attached hydrogens (tertiary/aromatic N) is 1. The molecule has 2 aromatic carbocycles. The summed E-state index contributed by atoms with van der Waals surface area (Å²) in [5.74, 6) is 3.22. The zero-order chi connectivity index (χ0) is 19.5. The SMILES string of the molecule is COc1ccc2c(c1)C=C(CN(Cc1ccc3c(c1)OCO3)C[C@@H](C)O)CO2. The van der Waals surface area contributed by atoms with Crippen molar-refractivity contribution in [3.63, 3.8) is 0 Å². The van der Waals surface area contributed by atoms with E-state index in [0.29, 0.717) is 26.2 Å². The molecular formula is C22H25NO5. The Bertz CT molecular complexity index is 877. The van der Waals surface area contributed by atoms with Crippen LogP contribution in [0.5, 0.6) is 23.0 Å². The van der Waals surface area contributed by atoms with Gasteiger partial charge < -0.3 is 24.1 Å². The van der Waals surface area contributed by atoms with E-state index in [-0.39, 0.29) is 6.79 Å². The van der Waals surface area contributed by atoms with Crippen LogP contribution in [0.2, 0.25) is 0 Å².